The highest BCUT2D eigenvalue weighted by Gasteiger charge is 2.42. The topological polar surface area (TPSA) is 64.9 Å². The van der Waals surface area contributed by atoms with E-state index in [1.54, 1.807) is 0 Å². The van der Waals surface area contributed by atoms with Gasteiger partial charge in [-0.2, -0.15) is 4.98 Å². The number of nitrogens with two attached hydrogens (primary N) is 1. The Labute approximate surface area is 95.6 Å². The number of hydrogen-bond donors (Lipinski definition) is 1. The molecular weight excluding hydrogens is 202 g/mol. The summed E-state index contributed by atoms with van der Waals surface area (Å²) in [5.74, 6) is 3.67. The van der Waals surface area contributed by atoms with Crippen LogP contribution in [0, 0.1) is 11.8 Å². The molecule has 3 unspecified atom stereocenters. The van der Waals surface area contributed by atoms with Gasteiger partial charge < -0.3 is 10.3 Å². The van der Waals surface area contributed by atoms with E-state index >= 15 is 0 Å². The monoisotopic (exact) mass is 221 g/mol. The first-order valence-electron chi connectivity index (χ1n) is 6.17. The zero-order valence-electron chi connectivity index (χ0n) is 9.94. The largest absolute Gasteiger partial charge is 0.337 e. The van der Waals surface area contributed by atoms with E-state index in [0.717, 1.165) is 17.7 Å². The lowest BCUT2D eigenvalue weighted by atomic mass is 9.88. The van der Waals surface area contributed by atoms with E-state index in [9.17, 15) is 0 Å². The summed E-state index contributed by atoms with van der Waals surface area (Å²) in [5.41, 5.74) is 5.42. The van der Waals surface area contributed by atoms with E-state index in [1.165, 1.54) is 25.7 Å². The van der Waals surface area contributed by atoms with Gasteiger partial charge in [0.1, 0.15) is 0 Å². The number of nitrogens with zero attached hydrogens (tertiary/aromatic N) is 2. The predicted octanol–water partition coefficient (Wildman–Crippen LogP) is 2.17. The van der Waals surface area contributed by atoms with Crippen LogP contribution in [0.15, 0.2) is 4.52 Å². The van der Waals surface area contributed by atoms with Crippen LogP contribution in [-0.2, 0) is 5.54 Å². The van der Waals surface area contributed by atoms with Gasteiger partial charge in [0.2, 0.25) is 5.89 Å². The molecule has 2 saturated carbocycles. The standard InChI is InChI=1S/C12H19N3O/c1-12(2,13)11-14-10(15-16-11)9-6-7-3-4-8(9)5-7/h7-9H,3-6,13H2,1-2H3. The molecule has 2 aliphatic carbocycles. The maximum Gasteiger partial charge on any atom is 0.246 e. The molecule has 0 saturated heterocycles. The van der Waals surface area contributed by atoms with Gasteiger partial charge in [0.15, 0.2) is 5.82 Å². The van der Waals surface area contributed by atoms with Crippen molar-refractivity contribution in [2.24, 2.45) is 17.6 Å². The van der Waals surface area contributed by atoms with Gasteiger partial charge >= 0.3 is 0 Å². The quantitative estimate of drug-likeness (QED) is 0.831. The summed E-state index contributed by atoms with van der Waals surface area (Å²) in [7, 11) is 0. The van der Waals surface area contributed by atoms with Crippen molar-refractivity contribution in [2.75, 3.05) is 0 Å². The molecular formula is C12H19N3O. The second-order valence-electron chi connectivity index (χ2n) is 5.96. The normalized spacial score (nSPS) is 33.6. The Hall–Kier alpha value is -0.900. The van der Waals surface area contributed by atoms with Gasteiger partial charge in [-0.1, -0.05) is 11.6 Å². The molecule has 2 aliphatic rings. The molecule has 16 heavy (non-hydrogen) atoms. The van der Waals surface area contributed by atoms with Crippen LogP contribution in [0.5, 0.6) is 0 Å². The first kappa shape index (κ1) is 10.3. The van der Waals surface area contributed by atoms with Gasteiger partial charge in [-0.05, 0) is 44.9 Å². The van der Waals surface area contributed by atoms with E-state index in [0.29, 0.717) is 11.8 Å². The Kier molecular flexibility index (Phi) is 2.11. The lowest BCUT2D eigenvalue weighted by Gasteiger charge is -2.17. The van der Waals surface area contributed by atoms with Crippen LogP contribution in [-0.4, -0.2) is 10.1 Å². The van der Waals surface area contributed by atoms with E-state index < -0.39 is 5.54 Å². The van der Waals surface area contributed by atoms with Crippen molar-refractivity contribution in [1.82, 2.24) is 10.1 Å². The summed E-state index contributed by atoms with van der Waals surface area (Å²) in [6.07, 6.45) is 5.34. The molecule has 0 amide bonds. The molecule has 0 aromatic carbocycles. The minimum atomic E-state index is -0.525. The van der Waals surface area contributed by atoms with E-state index in [4.69, 9.17) is 10.3 Å². The molecule has 0 aliphatic heterocycles. The fourth-order valence-electron chi connectivity index (χ4n) is 3.21. The van der Waals surface area contributed by atoms with Crippen molar-refractivity contribution in [3.63, 3.8) is 0 Å². The van der Waals surface area contributed by atoms with E-state index in [1.807, 2.05) is 13.8 Å². The third-order valence-electron chi connectivity index (χ3n) is 4.06. The van der Waals surface area contributed by atoms with Crippen LogP contribution in [0.1, 0.15) is 57.2 Å². The lowest BCUT2D eigenvalue weighted by Crippen LogP contribution is -2.29. The minimum Gasteiger partial charge on any atom is -0.337 e. The van der Waals surface area contributed by atoms with Gasteiger partial charge in [0.25, 0.3) is 0 Å². The molecule has 4 nitrogen and oxygen atoms in total. The van der Waals surface area contributed by atoms with Crippen LogP contribution in [0.4, 0.5) is 0 Å². The van der Waals surface area contributed by atoms with Crippen LogP contribution < -0.4 is 5.73 Å². The first-order chi connectivity index (χ1) is 7.54. The fraction of sp³-hybridized carbons (Fsp3) is 0.833. The van der Waals surface area contributed by atoms with Crippen molar-refractivity contribution in [3.8, 4) is 0 Å². The molecule has 2 bridgehead atoms. The Morgan fingerprint density at radius 3 is 2.62 bits per heavy atom. The molecule has 88 valence electrons. The molecule has 1 aromatic heterocycles. The number of aromatic nitrogens is 2. The summed E-state index contributed by atoms with van der Waals surface area (Å²) in [6.45, 7) is 3.79. The number of hydrogen-bond acceptors (Lipinski definition) is 4. The van der Waals surface area contributed by atoms with Crippen molar-refractivity contribution < 1.29 is 4.52 Å². The van der Waals surface area contributed by atoms with Crippen LogP contribution in [0.25, 0.3) is 0 Å². The van der Waals surface area contributed by atoms with Crippen molar-refractivity contribution in [1.29, 1.82) is 0 Å². The molecule has 3 atom stereocenters. The van der Waals surface area contributed by atoms with Gasteiger partial charge in [0, 0.05) is 5.92 Å². The van der Waals surface area contributed by atoms with E-state index in [2.05, 4.69) is 10.1 Å². The molecule has 3 rings (SSSR count). The van der Waals surface area contributed by atoms with Gasteiger partial charge in [-0.3, -0.25) is 0 Å². The van der Waals surface area contributed by atoms with Crippen molar-refractivity contribution in [2.45, 2.75) is 51.0 Å². The zero-order chi connectivity index (χ0) is 11.3. The number of fused-ring (bicyclic) bond motifs is 2. The highest BCUT2D eigenvalue weighted by atomic mass is 16.5. The Bertz CT molecular complexity index is 393. The molecule has 0 radical (unpaired) electrons. The maximum absolute atomic E-state index is 5.95. The summed E-state index contributed by atoms with van der Waals surface area (Å²) < 4.78 is 5.26. The third kappa shape index (κ3) is 1.56. The highest BCUT2D eigenvalue weighted by Crippen LogP contribution is 2.52. The van der Waals surface area contributed by atoms with E-state index in [-0.39, 0.29) is 0 Å². The highest BCUT2D eigenvalue weighted by molar-refractivity contribution is 5.08. The van der Waals surface area contributed by atoms with Gasteiger partial charge in [-0.15, -0.1) is 0 Å². The SMILES string of the molecule is CC(C)(N)c1nc(C2CC3CCC2C3)no1. The fourth-order valence-corrected chi connectivity index (χ4v) is 3.21. The van der Waals surface area contributed by atoms with Crippen LogP contribution in [0.3, 0.4) is 0 Å². The van der Waals surface area contributed by atoms with Crippen LogP contribution >= 0.6 is 0 Å². The number of rotatable bonds is 2. The average Bonchev–Trinajstić information content (AvgIpc) is 2.92. The van der Waals surface area contributed by atoms with Crippen molar-refractivity contribution in [3.05, 3.63) is 11.7 Å². The third-order valence-corrected chi connectivity index (χ3v) is 4.06. The second kappa shape index (κ2) is 3.29. The first-order valence-corrected chi connectivity index (χ1v) is 6.17. The van der Waals surface area contributed by atoms with Crippen LogP contribution in [0.2, 0.25) is 0 Å². The summed E-state index contributed by atoms with van der Waals surface area (Å²) >= 11 is 0. The summed E-state index contributed by atoms with van der Waals surface area (Å²) in [5, 5.41) is 4.12. The molecule has 0 spiro atoms. The molecule has 1 aromatic rings. The Morgan fingerprint density at radius 1 is 1.31 bits per heavy atom. The molecule has 2 fully saturated rings. The van der Waals surface area contributed by atoms with Gasteiger partial charge in [0.05, 0.1) is 5.54 Å². The second-order valence-corrected chi connectivity index (χ2v) is 5.96. The smallest absolute Gasteiger partial charge is 0.246 e. The van der Waals surface area contributed by atoms with Gasteiger partial charge in [-0.25, -0.2) is 0 Å². The molecule has 2 N–H and O–H groups in total. The lowest BCUT2D eigenvalue weighted by molar-refractivity contribution is 0.305. The maximum atomic E-state index is 5.95. The minimum absolute atomic E-state index is 0.525. The summed E-state index contributed by atoms with van der Waals surface area (Å²) in [6, 6.07) is 0. The predicted molar refractivity (Wildman–Crippen MR) is 59.7 cm³/mol. The molecule has 1 heterocycles. The zero-order valence-corrected chi connectivity index (χ0v) is 9.94. The Morgan fingerprint density at radius 2 is 2.12 bits per heavy atom. The average molecular weight is 221 g/mol. The van der Waals surface area contributed by atoms with Crippen molar-refractivity contribution >= 4 is 0 Å². The summed E-state index contributed by atoms with van der Waals surface area (Å²) in [4.78, 5) is 4.48. The molecule has 4 heteroatoms. The Balaban J connectivity index is 1.83.